The zero-order valence-electron chi connectivity index (χ0n) is 34.6. The van der Waals surface area contributed by atoms with E-state index in [9.17, 15) is 28.8 Å². The summed E-state index contributed by atoms with van der Waals surface area (Å²) in [5.41, 5.74) is 11.8. The van der Waals surface area contributed by atoms with Crippen LogP contribution in [0, 0.1) is 20.8 Å². The van der Waals surface area contributed by atoms with E-state index in [-0.39, 0.29) is 31.5 Å². The van der Waals surface area contributed by atoms with Crippen LogP contribution in [-0.2, 0) is 30.4 Å². The predicted octanol–water partition coefficient (Wildman–Crippen LogP) is 5.94. The second-order valence-corrected chi connectivity index (χ2v) is 16.7. The first-order valence-corrected chi connectivity index (χ1v) is 21.4. The molecule has 0 saturated carbocycles. The van der Waals surface area contributed by atoms with Crippen molar-refractivity contribution in [1.29, 1.82) is 0 Å². The van der Waals surface area contributed by atoms with E-state index in [0.29, 0.717) is 14.6 Å². The summed E-state index contributed by atoms with van der Waals surface area (Å²) in [6, 6.07) is 17.9. The highest BCUT2D eigenvalue weighted by molar-refractivity contribution is 7.21. The largest absolute Gasteiger partial charge is 0.477 e. The maximum atomic E-state index is 12.5. The lowest BCUT2D eigenvalue weighted by Crippen LogP contribution is -2.49. The number of alkyl carbamates (subject to hydrolysis) is 1. The highest BCUT2D eigenvalue weighted by atomic mass is 32.1. The van der Waals surface area contributed by atoms with Gasteiger partial charge >= 0.3 is 24.0 Å². The van der Waals surface area contributed by atoms with Crippen LogP contribution in [0.25, 0.3) is 30.6 Å². The van der Waals surface area contributed by atoms with Crippen LogP contribution in [0.15, 0.2) is 85.3 Å². The van der Waals surface area contributed by atoms with Crippen LogP contribution < -0.4 is 21.7 Å². The molecule has 0 aliphatic carbocycles. The smallest absolute Gasteiger partial charge is 0.408 e. The number of aromatic nitrogens is 3. The summed E-state index contributed by atoms with van der Waals surface area (Å²) in [7, 11) is 2.46. The number of carboxylic acids is 1. The summed E-state index contributed by atoms with van der Waals surface area (Å²) >= 11 is 3.95. The summed E-state index contributed by atoms with van der Waals surface area (Å²) < 4.78 is 17.2. The molecule has 6 aromatic heterocycles. The second kappa shape index (κ2) is 22.3. The first-order valence-electron chi connectivity index (χ1n) is 18.9. The molecule has 63 heavy (non-hydrogen) atoms. The van der Waals surface area contributed by atoms with Gasteiger partial charge in [0.05, 0.1) is 54.6 Å². The van der Waals surface area contributed by atoms with Crippen LogP contribution in [0.5, 0.6) is 0 Å². The molecule has 0 spiro atoms. The van der Waals surface area contributed by atoms with E-state index in [4.69, 9.17) is 20.3 Å². The van der Waals surface area contributed by atoms with Crippen molar-refractivity contribution >= 4 is 100 Å². The van der Waals surface area contributed by atoms with Gasteiger partial charge in [-0.2, -0.15) is 0 Å². The number of carbonyl (C=O) groups excluding carboxylic acids is 5. The Morgan fingerprint density at radius 2 is 1.10 bits per heavy atom. The number of nitrogens with zero attached hydrogens (tertiary/aromatic N) is 3. The van der Waals surface area contributed by atoms with E-state index < -0.39 is 36.1 Å². The lowest BCUT2D eigenvalue weighted by atomic mass is 10.2. The molecule has 2 atom stereocenters. The van der Waals surface area contributed by atoms with E-state index >= 15 is 0 Å². The number of methoxy groups -OCH3 is 2. The molecule has 7 aromatic rings. The highest BCUT2D eigenvalue weighted by Crippen LogP contribution is 2.28. The molecule has 6 heterocycles. The van der Waals surface area contributed by atoms with Crippen molar-refractivity contribution in [2.24, 2.45) is 5.73 Å². The third kappa shape index (κ3) is 12.8. The van der Waals surface area contributed by atoms with Gasteiger partial charge in [0.1, 0.15) is 23.6 Å². The van der Waals surface area contributed by atoms with Crippen LogP contribution >= 0.6 is 34.0 Å². The zero-order valence-corrected chi connectivity index (χ0v) is 37.1. The van der Waals surface area contributed by atoms with Gasteiger partial charge < -0.3 is 41.0 Å². The first kappa shape index (κ1) is 47.2. The van der Waals surface area contributed by atoms with Crippen LogP contribution in [-0.4, -0.2) is 95.3 Å². The number of rotatable bonds is 12. The molecule has 3 amide bonds. The fourth-order valence-corrected chi connectivity index (χ4v) is 8.50. The molecule has 0 saturated heterocycles. The molecule has 0 unspecified atom stereocenters. The van der Waals surface area contributed by atoms with Crippen molar-refractivity contribution in [3.05, 3.63) is 122 Å². The lowest BCUT2D eigenvalue weighted by molar-refractivity contribution is -0.143. The maximum absolute atomic E-state index is 12.5. The average Bonchev–Trinajstić information content (AvgIpc) is 4.06. The summed E-state index contributed by atoms with van der Waals surface area (Å²) in [4.78, 5) is 84.3. The third-order valence-corrected chi connectivity index (χ3v) is 12.7. The number of aryl methyl sites for hydroxylation is 3. The van der Waals surface area contributed by atoms with Gasteiger partial charge in [0.2, 0.25) is 0 Å². The number of aromatic carboxylic acids is 1. The van der Waals surface area contributed by atoms with Crippen LogP contribution in [0.3, 0.4) is 0 Å². The predicted molar refractivity (Wildman–Crippen MR) is 240 cm³/mol. The molecule has 6 N–H and O–H groups in total. The molecule has 0 bridgehead atoms. The quantitative estimate of drug-likeness (QED) is 0.0703. The van der Waals surface area contributed by atoms with Crippen molar-refractivity contribution in [2.45, 2.75) is 39.5 Å². The van der Waals surface area contributed by atoms with Crippen molar-refractivity contribution in [2.75, 3.05) is 27.3 Å². The summed E-state index contributed by atoms with van der Waals surface area (Å²) in [6.07, 6.45) is 4.30. The number of carboxylic acid groups (broad SMARTS) is 1. The number of carbonyl (C=O) groups is 6. The summed E-state index contributed by atoms with van der Waals surface area (Å²) in [6.45, 7) is 5.81. The van der Waals surface area contributed by atoms with Crippen molar-refractivity contribution in [3.63, 3.8) is 0 Å². The van der Waals surface area contributed by atoms with Crippen molar-refractivity contribution in [1.82, 2.24) is 30.9 Å². The molecule has 0 fully saturated rings. The van der Waals surface area contributed by atoms with Crippen LogP contribution in [0.4, 0.5) is 4.79 Å². The maximum Gasteiger partial charge on any atom is 0.408 e. The minimum atomic E-state index is -1.09. The molecule has 328 valence electrons. The molecule has 7 rings (SSSR count). The molecule has 0 radical (unpaired) electrons. The molecule has 0 aliphatic rings. The molecule has 17 nitrogen and oxygen atoms in total. The third-order valence-electron chi connectivity index (χ3n) is 8.93. The first-order chi connectivity index (χ1) is 30.2. The number of fused-ring (bicyclic) bond motifs is 3. The standard InChI is InChI=1S/C21H21N3O5S.C13H15N3O3S.C9H7NO2S/c1-13-8-9-22-15-10-17(30-18(13)15)19(25)23-11-16(20(26)28-2)24-21(27)29-12-14-6-4-3-5-7-14;1-7-3-4-15-9-5-10(20-11(7)9)12(17)16-6-8(14)13(18)19-2;1-5-2-3-10-6-4-7(9(11)12)13-8(5)6/h3-10,16H,11-12H2,1-2H3,(H,23,25)(H,24,27);3-5,8H,6,14H2,1-2H3,(H,16,17);2-4H,1H3,(H,11,12)/t16-;8-;/m11./s1. The minimum Gasteiger partial charge on any atom is -0.477 e. The Balaban J connectivity index is 0.000000194. The average molecular weight is 914 g/mol. The van der Waals surface area contributed by atoms with E-state index in [1.165, 1.54) is 48.2 Å². The summed E-state index contributed by atoms with van der Waals surface area (Å²) in [5.74, 6) is -2.78. The minimum absolute atomic E-state index is 0.0339. The van der Waals surface area contributed by atoms with Gasteiger partial charge in [-0.3, -0.25) is 29.3 Å². The Hall–Kier alpha value is -6.87. The van der Waals surface area contributed by atoms with Gasteiger partial charge in [-0.1, -0.05) is 30.3 Å². The van der Waals surface area contributed by atoms with Crippen molar-refractivity contribution < 1.29 is 48.1 Å². The van der Waals surface area contributed by atoms with Gasteiger partial charge in [-0.05, 0) is 79.4 Å². The summed E-state index contributed by atoms with van der Waals surface area (Å²) in [5, 5.41) is 16.4. The van der Waals surface area contributed by atoms with Gasteiger partial charge in [0.25, 0.3) is 11.8 Å². The number of hydrogen-bond acceptors (Lipinski definition) is 16. The normalized spacial score (nSPS) is 11.5. The lowest BCUT2D eigenvalue weighted by Gasteiger charge is -2.17. The van der Waals surface area contributed by atoms with E-state index in [1.807, 2.05) is 69.3 Å². The second-order valence-electron chi connectivity index (χ2n) is 13.5. The SMILES string of the molecule is COC(=O)[C@@H](CNC(=O)c1cc2nccc(C)c2s1)NC(=O)OCc1ccccc1.COC(=O)[C@H](N)CNC(=O)c1cc2nccc(C)c2s1.Cc1ccnc2cc(C(=O)O)sc12. The number of nitrogens with two attached hydrogens (primary N) is 1. The number of ether oxygens (including phenoxy) is 3. The molecule has 0 aliphatic heterocycles. The van der Waals surface area contributed by atoms with Gasteiger partial charge in [-0.25, -0.2) is 14.4 Å². The number of nitrogens with one attached hydrogen (secondary N) is 3. The molecular formula is C43H43N7O10S3. The number of amides is 3. The van der Waals surface area contributed by atoms with Gasteiger partial charge in [0, 0.05) is 31.7 Å². The number of pyridine rings is 3. The molecule has 1 aromatic carbocycles. The van der Waals surface area contributed by atoms with Gasteiger partial charge in [-0.15, -0.1) is 34.0 Å². The zero-order chi connectivity index (χ0) is 45.6. The molecule has 20 heteroatoms. The Morgan fingerprint density at radius 3 is 1.54 bits per heavy atom. The van der Waals surface area contributed by atoms with Crippen molar-refractivity contribution in [3.8, 4) is 0 Å². The number of benzene rings is 1. The topological polar surface area (TPSA) is 251 Å². The highest BCUT2D eigenvalue weighted by Gasteiger charge is 2.24. The number of hydrogen-bond donors (Lipinski definition) is 5. The van der Waals surface area contributed by atoms with E-state index in [2.05, 4.69) is 35.6 Å². The monoisotopic (exact) mass is 913 g/mol. The van der Waals surface area contributed by atoms with Gasteiger partial charge in [0.15, 0.2) is 0 Å². The Bertz CT molecular complexity index is 2750. The van der Waals surface area contributed by atoms with Crippen LogP contribution in [0.1, 0.15) is 51.3 Å². The molecular weight excluding hydrogens is 871 g/mol. The Morgan fingerprint density at radius 1 is 0.651 bits per heavy atom. The Labute approximate surface area is 372 Å². The van der Waals surface area contributed by atoms with Crippen LogP contribution in [0.2, 0.25) is 0 Å². The number of thiophene rings is 3. The fraction of sp³-hybridized carbons (Fsp3) is 0.233. The number of esters is 2. The van der Waals surface area contributed by atoms with E-state index in [0.717, 1.165) is 52.9 Å². The van der Waals surface area contributed by atoms with E-state index in [1.54, 1.807) is 36.8 Å². The fourth-order valence-electron chi connectivity index (χ4n) is 5.57. The Kier molecular flexibility index (Phi) is 16.7.